The molecule has 12 nitrogen and oxygen atoms in total. The summed E-state index contributed by atoms with van der Waals surface area (Å²) in [5.41, 5.74) is 3.83. The van der Waals surface area contributed by atoms with Gasteiger partial charge in [0.05, 0.1) is 35.1 Å². The summed E-state index contributed by atoms with van der Waals surface area (Å²) in [6.07, 6.45) is 9.03. The summed E-state index contributed by atoms with van der Waals surface area (Å²) in [7, 11) is 3.20. The Morgan fingerprint density at radius 3 is 2.47 bits per heavy atom. The van der Waals surface area contributed by atoms with Gasteiger partial charge in [-0.1, -0.05) is 37.5 Å². The fourth-order valence-electron chi connectivity index (χ4n) is 7.99. The van der Waals surface area contributed by atoms with Crippen molar-refractivity contribution >= 4 is 45.3 Å². The summed E-state index contributed by atoms with van der Waals surface area (Å²) in [6, 6.07) is 15.9. The number of fused-ring (bicyclic) bond motifs is 2. The number of nitrogens with zero attached hydrogens (tertiary/aromatic N) is 6. The van der Waals surface area contributed by atoms with E-state index in [1.807, 2.05) is 37.3 Å². The number of piperidine rings is 2. The molecule has 278 valence electrons. The smallest absolute Gasteiger partial charge is 0.321 e. The number of halogens is 2. The SMILES string of the molecule is CN1CCC(c2cccc3c2n(C)c(=O)n3C2CCC(=O)NC2=O)C(F)(F)C1.Cc1cccc(C(=O)Nc2ccc3nn(C4CCCCC4)cc3c2)n1. The van der Waals surface area contributed by atoms with Crippen LogP contribution < -0.4 is 16.3 Å². The third kappa shape index (κ3) is 7.37. The average molecular weight is 727 g/mol. The number of benzene rings is 2. The van der Waals surface area contributed by atoms with Crippen LogP contribution in [0.25, 0.3) is 21.9 Å². The van der Waals surface area contributed by atoms with Crippen molar-refractivity contribution in [2.24, 2.45) is 7.05 Å². The van der Waals surface area contributed by atoms with Gasteiger partial charge in [-0.3, -0.25) is 33.5 Å². The Hall–Kier alpha value is -5.24. The van der Waals surface area contributed by atoms with Crippen LogP contribution in [0.5, 0.6) is 0 Å². The van der Waals surface area contributed by atoms with E-state index in [4.69, 9.17) is 5.10 Å². The number of para-hydroxylation sites is 1. The van der Waals surface area contributed by atoms with Gasteiger partial charge in [-0.2, -0.15) is 5.10 Å². The lowest BCUT2D eigenvalue weighted by Gasteiger charge is -2.37. The molecular formula is C39H44F2N8O4. The van der Waals surface area contributed by atoms with E-state index in [-0.39, 0.29) is 37.6 Å². The standard InChI is InChI=1S/C20H22N4O.C19H22F2N4O3/c1-14-6-5-9-19(21-14)20(25)22-16-10-11-18-15(12-16)13-24(23-18)17-7-3-2-4-8-17;1-23-9-8-12(19(20,21)10-23)11-4-3-5-13-16(11)24(2)18(28)25(13)14-6-7-15(26)22-17(14)27/h5-6,9-13,17H,2-4,7-8H2,1H3,(H,22,25);3-5,12,14H,6-10H2,1-2H3,(H,22,26,27). The number of nitrogens with one attached hydrogen (secondary N) is 2. The van der Waals surface area contributed by atoms with Crippen LogP contribution in [0.4, 0.5) is 14.5 Å². The van der Waals surface area contributed by atoms with Crippen molar-refractivity contribution in [2.75, 3.05) is 25.5 Å². The van der Waals surface area contributed by atoms with Crippen molar-refractivity contribution < 1.29 is 23.2 Å². The lowest BCUT2D eigenvalue weighted by Crippen LogP contribution is -2.45. The van der Waals surface area contributed by atoms with Gasteiger partial charge < -0.3 is 10.2 Å². The first-order valence-electron chi connectivity index (χ1n) is 18.2. The molecule has 53 heavy (non-hydrogen) atoms. The summed E-state index contributed by atoms with van der Waals surface area (Å²) < 4.78 is 34.4. The van der Waals surface area contributed by atoms with Crippen molar-refractivity contribution in [1.29, 1.82) is 0 Å². The summed E-state index contributed by atoms with van der Waals surface area (Å²) in [4.78, 5) is 54.9. The van der Waals surface area contributed by atoms with Gasteiger partial charge >= 0.3 is 5.69 Å². The number of likely N-dealkylation sites (tertiary alicyclic amines) is 1. The van der Waals surface area contributed by atoms with Crippen molar-refractivity contribution in [2.45, 2.75) is 82.2 Å². The number of pyridine rings is 1. The van der Waals surface area contributed by atoms with Crippen LogP contribution in [0.2, 0.25) is 0 Å². The van der Waals surface area contributed by atoms with Gasteiger partial charge in [0.1, 0.15) is 11.7 Å². The predicted molar refractivity (Wildman–Crippen MR) is 197 cm³/mol. The second kappa shape index (κ2) is 14.6. The number of anilines is 1. The fraction of sp³-hybridized carbons (Fsp3) is 0.436. The first kappa shape index (κ1) is 36.1. The molecule has 0 radical (unpaired) electrons. The molecule has 2 aliphatic heterocycles. The molecule has 2 atom stereocenters. The summed E-state index contributed by atoms with van der Waals surface area (Å²) >= 11 is 0. The number of hydrogen-bond acceptors (Lipinski definition) is 7. The normalized spacial score (nSPS) is 20.9. The number of rotatable bonds is 5. The predicted octanol–water partition coefficient (Wildman–Crippen LogP) is 5.87. The highest BCUT2D eigenvalue weighted by atomic mass is 19.3. The van der Waals surface area contributed by atoms with Gasteiger partial charge in [0.2, 0.25) is 11.8 Å². The quantitative estimate of drug-likeness (QED) is 0.216. The zero-order valence-electron chi connectivity index (χ0n) is 30.1. The first-order valence-corrected chi connectivity index (χ1v) is 18.2. The highest BCUT2D eigenvalue weighted by Crippen LogP contribution is 2.42. The number of alkyl halides is 2. The number of aryl methyl sites for hydroxylation is 2. The maximum absolute atomic E-state index is 14.8. The summed E-state index contributed by atoms with van der Waals surface area (Å²) in [5, 5.41) is 11.0. The van der Waals surface area contributed by atoms with Crippen molar-refractivity contribution in [3.63, 3.8) is 0 Å². The molecule has 8 rings (SSSR count). The second-order valence-corrected chi connectivity index (χ2v) is 14.5. The minimum absolute atomic E-state index is 0.131. The number of imide groups is 1. The molecule has 0 spiro atoms. The third-order valence-corrected chi connectivity index (χ3v) is 10.7. The zero-order valence-corrected chi connectivity index (χ0v) is 30.1. The first-order chi connectivity index (χ1) is 25.4. The third-order valence-electron chi connectivity index (χ3n) is 10.7. The van der Waals surface area contributed by atoms with Crippen LogP contribution in [0, 0.1) is 6.92 Å². The number of imidazole rings is 1. The van der Waals surface area contributed by atoms with Gasteiger partial charge in [-0.05, 0) is 88.2 Å². The Bertz CT molecular complexity index is 2250. The van der Waals surface area contributed by atoms with E-state index in [1.165, 1.54) is 48.3 Å². The molecular weight excluding hydrogens is 682 g/mol. The number of carbonyl (C=O) groups is 3. The lowest BCUT2D eigenvalue weighted by molar-refractivity contribution is -0.135. The Balaban J connectivity index is 0.000000165. The molecule has 3 amide bonds. The molecule has 3 aliphatic rings. The van der Waals surface area contributed by atoms with Crippen molar-refractivity contribution in [1.82, 2.24) is 34.1 Å². The number of carbonyl (C=O) groups excluding carboxylic acids is 3. The van der Waals surface area contributed by atoms with Crippen molar-refractivity contribution in [3.05, 3.63) is 88.2 Å². The van der Waals surface area contributed by atoms with E-state index in [9.17, 15) is 28.0 Å². The van der Waals surface area contributed by atoms with E-state index < -0.39 is 29.5 Å². The molecule has 0 bridgehead atoms. The molecule has 2 unspecified atom stereocenters. The molecule has 1 saturated carbocycles. The van der Waals surface area contributed by atoms with E-state index >= 15 is 0 Å². The van der Waals surface area contributed by atoms with Gasteiger partial charge in [0, 0.05) is 36.4 Å². The summed E-state index contributed by atoms with van der Waals surface area (Å²) in [6.45, 7) is 2.08. The highest BCUT2D eigenvalue weighted by Gasteiger charge is 2.45. The summed E-state index contributed by atoms with van der Waals surface area (Å²) in [5.74, 6) is -5.03. The van der Waals surface area contributed by atoms with E-state index in [2.05, 4.69) is 26.5 Å². The largest absolute Gasteiger partial charge is 0.329 e. The Labute approximate surface area is 305 Å². The van der Waals surface area contributed by atoms with E-state index in [0.29, 0.717) is 34.9 Å². The molecule has 2 saturated heterocycles. The maximum atomic E-state index is 14.8. The van der Waals surface area contributed by atoms with Gasteiger partial charge in [-0.25, -0.2) is 18.6 Å². The van der Waals surface area contributed by atoms with Gasteiger partial charge in [0.15, 0.2) is 0 Å². The number of aromatic nitrogens is 5. The van der Waals surface area contributed by atoms with Crippen LogP contribution in [0.15, 0.2) is 65.6 Å². The van der Waals surface area contributed by atoms with Crippen LogP contribution >= 0.6 is 0 Å². The fourth-order valence-corrected chi connectivity index (χ4v) is 7.99. The minimum Gasteiger partial charge on any atom is -0.321 e. The second-order valence-electron chi connectivity index (χ2n) is 14.5. The lowest BCUT2D eigenvalue weighted by atomic mass is 9.85. The number of amides is 3. The highest BCUT2D eigenvalue weighted by molar-refractivity contribution is 6.04. The molecule has 1 aliphatic carbocycles. The zero-order chi connectivity index (χ0) is 37.4. The van der Waals surface area contributed by atoms with E-state index in [1.54, 1.807) is 36.2 Å². The molecule has 14 heteroatoms. The number of hydrogen-bond donors (Lipinski definition) is 2. The topological polar surface area (TPSA) is 136 Å². The Morgan fingerprint density at radius 2 is 1.74 bits per heavy atom. The molecule has 5 heterocycles. The molecule has 2 aromatic carbocycles. The van der Waals surface area contributed by atoms with Crippen LogP contribution in [0.1, 0.15) is 91.1 Å². The van der Waals surface area contributed by atoms with Crippen molar-refractivity contribution in [3.8, 4) is 0 Å². The maximum Gasteiger partial charge on any atom is 0.329 e. The molecule has 5 aromatic rings. The molecule has 2 N–H and O–H groups in total. The van der Waals surface area contributed by atoms with Crippen LogP contribution in [-0.2, 0) is 16.6 Å². The Morgan fingerprint density at radius 1 is 0.962 bits per heavy atom. The van der Waals surface area contributed by atoms with Crippen LogP contribution in [-0.4, -0.2) is 72.6 Å². The Kier molecular flexibility index (Phi) is 9.99. The average Bonchev–Trinajstić information content (AvgIpc) is 3.66. The van der Waals surface area contributed by atoms with E-state index in [0.717, 1.165) is 22.3 Å². The monoisotopic (exact) mass is 726 g/mol. The minimum atomic E-state index is -2.92. The van der Waals surface area contributed by atoms with Gasteiger partial charge in [0.25, 0.3) is 11.8 Å². The molecule has 3 aromatic heterocycles. The van der Waals surface area contributed by atoms with Gasteiger partial charge in [-0.15, -0.1) is 0 Å². The molecule has 3 fully saturated rings. The van der Waals surface area contributed by atoms with Crippen LogP contribution in [0.3, 0.4) is 0 Å².